The van der Waals surface area contributed by atoms with E-state index in [4.69, 9.17) is 10.5 Å². The van der Waals surface area contributed by atoms with E-state index in [0.29, 0.717) is 0 Å². The molecule has 0 heterocycles. The molecule has 0 unspecified atom stereocenters. The summed E-state index contributed by atoms with van der Waals surface area (Å²) in [6, 6.07) is 15.9. The van der Waals surface area contributed by atoms with Crippen LogP contribution >= 0.6 is 0 Å². The minimum atomic E-state index is -3.91. The molecule has 0 fully saturated rings. The number of nitrogens with zero attached hydrogens (tertiary/aromatic N) is 2. The minimum Gasteiger partial charge on any atom is -0.278 e. The lowest BCUT2D eigenvalue weighted by Gasteiger charge is -2.10. The lowest BCUT2D eigenvalue weighted by atomic mass is 10.2. The largest absolute Gasteiger partial charge is 0.278 e. The second kappa shape index (κ2) is 5.43. The molecule has 0 aliphatic heterocycles. The van der Waals surface area contributed by atoms with E-state index in [-0.39, 0.29) is 21.7 Å². The summed E-state index contributed by atoms with van der Waals surface area (Å²) in [7, 11) is -3.91. The van der Waals surface area contributed by atoms with Crippen LogP contribution in [0.1, 0.15) is 11.1 Å². The predicted molar refractivity (Wildman–Crippen MR) is 73.1 cm³/mol. The van der Waals surface area contributed by atoms with Gasteiger partial charge in [0.15, 0.2) is 0 Å². The topological polar surface area (TPSA) is 93.8 Å². The van der Waals surface area contributed by atoms with Crippen LogP contribution in [0.2, 0.25) is 0 Å². The van der Waals surface area contributed by atoms with Crippen LogP contribution in [-0.4, -0.2) is 8.42 Å². The van der Waals surface area contributed by atoms with Crippen molar-refractivity contribution in [3.05, 3.63) is 59.7 Å². The fourth-order valence-electron chi connectivity index (χ4n) is 1.66. The standard InChI is InChI=1S/C14H9N3O2S/c15-9-11-5-1-3-7-13(11)17-20(18,19)14-8-4-2-6-12(14)10-16/h1-8,17H. The second-order valence-electron chi connectivity index (χ2n) is 3.87. The van der Waals surface area contributed by atoms with Gasteiger partial charge in [-0.1, -0.05) is 24.3 Å². The number of sulfonamides is 1. The average Bonchev–Trinajstić information content (AvgIpc) is 2.47. The molecule has 98 valence electrons. The quantitative estimate of drug-likeness (QED) is 0.934. The van der Waals surface area contributed by atoms with Gasteiger partial charge in [-0.05, 0) is 24.3 Å². The molecule has 0 atom stereocenters. The van der Waals surface area contributed by atoms with Gasteiger partial charge in [-0.25, -0.2) is 8.42 Å². The van der Waals surface area contributed by atoms with Crippen LogP contribution in [0.4, 0.5) is 5.69 Å². The van der Waals surface area contributed by atoms with E-state index >= 15 is 0 Å². The third-order valence-electron chi connectivity index (χ3n) is 2.59. The Morgan fingerprint density at radius 2 is 1.40 bits per heavy atom. The molecule has 0 radical (unpaired) electrons. The van der Waals surface area contributed by atoms with Crippen LogP contribution in [0.15, 0.2) is 53.4 Å². The molecule has 0 saturated heterocycles. The summed E-state index contributed by atoms with van der Waals surface area (Å²) in [6.07, 6.45) is 0. The zero-order valence-corrected chi connectivity index (χ0v) is 11.1. The molecule has 0 spiro atoms. The smallest absolute Gasteiger partial charge is 0.263 e. The highest BCUT2D eigenvalue weighted by atomic mass is 32.2. The maximum Gasteiger partial charge on any atom is 0.263 e. The van der Waals surface area contributed by atoms with Gasteiger partial charge in [0, 0.05) is 0 Å². The molecule has 0 aliphatic rings. The van der Waals surface area contributed by atoms with Crippen LogP contribution in [0.25, 0.3) is 0 Å². The monoisotopic (exact) mass is 283 g/mol. The Labute approximate surface area is 116 Å². The van der Waals surface area contributed by atoms with Gasteiger partial charge in [-0.15, -0.1) is 0 Å². The highest BCUT2D eigenvalue weighted by Gasteiger charge is 2.19. The molecule has 2 rings (SSSR count). The summed E-state index contributed by atoms with van der Waals surface area (Å²) in [5, 5.41) is 17.9. The number of nitrogens with one attached hydrogen (secondary N) is 1. The highest BCUT2D eigenvalue weighted by Crippen LogP contribution is 2.21. The zero-order chi connectivity index (χ0) is 14.6. The third kappa shape index (κ3) is 2.61. The molecular weight excluding hydrogens is 274 g/mol. The molecule has 5 nitrogen and oxygen atoms in total. The Balaban J connectivity index is 2.48. The lowest BCUT2D eigenvalue weighted by molar-refractivity contribution is 0.601. The molecule has 2 aromatic carbocycles. The first-order valence-electron chi connectivity index (χ1n) is 5.59. The summed E-state index contributed by atoms with van der Waals surface area (Å²) in [4.78, 5) is -0.116. The number of nitriles is 2. The molecule has 0 saturated carbocycles. The molecule has 0 bridgehead atoms. The Hall–Kier alpha value is -2.83. The van der Waals surface area contributed by atoms with Crippen molar-refractivity contribution in [1.29, 1.82) is 10.5 Å². The van der Waals surface area contributed by atoms with Gasteiger partial charge in [-0.2, -0.15) is 10.5 Å². The minimum absolute atomic E-state index is 0.0504. The normalized spacial score (nSPS) is 10.3. The van der Waals surface area contributed by atoms with Gasteiger partial charge in [0.25, 0.3) is 10.0 Å². The van der Waals surface area contributed by atoms with Crippen molar-refractivity contribution in [3.8, 4) is 12.1 Å². The van der Waals surface area contributed by atoms with Gasteiger partial charge in [0.05, 0.1) is 16.8 Å². The van der Waals surface area contributed by atoms with Crippen molar-refractivity contribution in [1.82, 2.24) is 0 Å². The first kappa shape index (κ1) is 13.6. The van der Waals surface area contributed by atoms with E-state index in [2.05, 4.69) is 4.72 Å². The summed E-state index contributed by atoms with van der Waals surface area (Å²) in [5.41, 5.74) is 0.447. The second-order valence-corrected chi connectivity index (χ2v) is 5.52. The summed E-state index contributed by atoms with van der Waals surface area (Å²) in [5.74, 6) is 0. The van der Waals surface area contributed by atoms with Crippen molar-refractivity contribution >= 4 is 15.7 Å². The maximum absolute atomic E-state index is 12.3. The molecule has 6 heteroatoms. The van der Waals surface area contributed by atoms with Crippen LogP contribution in [0.3, 0.4) is 0 Å². The van der Waals surface area contributed by atoms with Crippen LogP contribution in [0, 0.1) is 22.7 Å². The van der Waals surface area contributed by atoms with Crippen LogP contribution in [-0.2, 0) is 10.0 Å². The van der Waals surface area contributed by atoms with E-state index in [1.807, 2.05) is 12.1 Å². The van der Waals surface area contributed by atoms with Gasteiger partial charge in [-0.3, -0.25) is 4.72 Å². The van der Waals surface area contributed by atoms with Gasteiger partial charge < -0.3 is 0 Å². The highest BCUT2D eigenvalue weighted by molar-refractivity contribution is 7.92. The lowest BCUT2D eigenvalue weighted by Crippen LogP contribution is -2.15. The summed E-state index contributed by atoms with van der Waals surface area (Å²) in [6.45, 7) is 0. The van der Waals surface area contributed by atoms with Crippen molar-refractivity contribution in [2.24, 2.45) is 0 Å². The molecular formula is C14H9N3O2S. The van der Waals surface area contributed by atoms with Crippen molar-refractivity contribution in [2.75, 3.05) is 4.72 Å². The van der Waals surface area contributed by atoms with E-state index in [0.717, 1.165) is 0 Å². The van der Waals surface area contributed by atoms with Crippen LogP contribution in [0.5, 0.6) is 0 Å². The van der Waals surface area contributed by atoms with Crippen molar-refractivity contribution < 1.29 is 8.42 Å². The molecule has 0 aliphatic carbocycles. The number of para-hydroxylation sites is 1. The fraction of sp³-hybridized carbons (Fsp3) is 0. The molecule has 20 heavy (non-hydrogen) atoms. The maximum atomic E-state index is 12.3. The number of benzene rings is 2. The number of hydrogen-bond donors (Lipinski definition) is 1. The fourth-order valence-corrected chi connectivity index (χ4v) is 2.90. The van der Waals surface area contributed by atoms with Crippen LogP contribution < -0.4 is 4.72 Å². The molecule has 0 amide bonds. The van der Waals surface area contributed by atoms with E-state index in [1.165, 1.54) is 30.3 Å². The van der Waals surface area contributed by atoms with Gasteiger partial charge in [0.2, 0.25) is 0 Å². The number of anilines is 1. The van der Waals surface area contributed by atoms with Crippen molar-refractivity contribution in [2.45, 2.75) is 4.90 Å². The number of rotatable bonds is 3. The Morgan fingerprint density at radius 1 is 0.850 bits per heavy atom. The first-order valence-corrected chi connectivity index (χ1v) is 7.08. The predicted octanol–water partition coefficient (Wildman–Crippen LogP) is 2.23. The van der Waals surface area contributed by atoms with Gasteiger partial charge >= 0.3 is 0 Å². The van der Waals surface area contributed by atoms with Gasteiger partial charge in [0.1, 0.15) is 17.0 Å². The van der Waals surface area contributed by atoms with E-state index < -0.39 is 10.0 Å². The summed E-state index contributed by atoms with van der Waals surface area (Å²) < 4.78 is 26.9. The molecule has 1 N–H and O–H groups in total. The SMILES string of the molecule is N#Cc1ccccc1NS(=O)(=O)c1ccccc1C#N. The van der Waals surface area contributed by atoms with Crippen molar-refractivity contribution in [3.63, 3.8) is 0 Å². The van der Waals surface area contributed by atoms with E-state index in [1.54, 1.807) is 18.2 Å². The summed E-state index contributed by atoms with van der Waals surface area (Å²) >= 11 is 0. The Kier molecular flexibility index (Phi) is 3.69. The zero-order valence-electron chi connectivity index (χ0n) is 10.2. The number of hydrogen-bond acceptors (Lipinski definition) is 4. The Bertz CT molecular complexity index is 830. The first-order chi connectivity index (χ1) is 9.58. The average molecular weight is 283 g/mol. The van der Waals surface area contributed by atoms with E-state index in [9.17, 15) is 8.42 Å². The Morgan fingerprint density at radius 3 is 2.05 bits per heavy atom. The molecule has 2 aromatic rings. The molecule has 0 aromatic heterocycles. The third-order valence-corrected chi connectivity index (χ3v) is 4.01.